The zero-order valence-electron chi connectivity index (χ0n) is 36.3. The van der Waals surface area contributed by atoms with Crippen LogP contribution in [-0.2, 0) is 28.6 Å². The zero-order chi connectivity index (χ0) is 39.4. The summed E-state index contributed by atoms with van der Waals surface area (Å²) in [7, 11) is 0. The number of allylic oxidation sites excluding steroid dienone is 2. The van der Waals surface area contributed by atoms with Crippen LogP contribution in [-0.4, -0.2) is 37.2 Å². The van der Waals surface area contributed by atoms with E-state index in [0.29, 0.717) is 19.3 Å². The fourth-order valence-corrected chi connectivity index (χ4v) is 6.91. The predicted molar refractivity (Wildman–Crippen MR) is 229 cm³/mol. The summed E-state index contributed by atoms with van der Waals surface area (Å²) in [4.78, 5) is 37.6. The monoisotopic (exact) mass is 763 g/mol. The van der Waals surface area contributed by atoms with Crippen molar-refractivity contribution in [3.05, 3.63) is 12.2 Å². The Balaban J connectivity index is 4.24. The molecule has 0 aliphatic carbocycles. The maximum absolute atomic E-state index is 12.7. The van der Waals surface area contributed by atoms with E-state index >= 15 is 0 Å². The number of hydrogen-bond donors (Lipinski definition) is 0. The molecule has 0 aliphatic heterocycles. The van der Waals surface area contributed by atoms with Crippen molar-refractivity contribution in [1.82, 2.24) is 0 Å². The maximum Gasteiger partial charge on any atom is 0.306 e. The van der Waals surface area contributed by atoms with Gasteiger partial charge in [-0.25, -0.2) is 0 Å². The zero-order valence-corrected chi connectivity index (χ0v) is 36.3. The van der Waals surface area contributed by atoms with Gasteiger partial charge in [-0.3, -0.25) is 14.4 Å². The lowest BCUT2D eigenvalue weighted by Crippen LogP contribution is -2.30. The summed E-state index contributed by atoms with van der Waals surface area (Å²) < 4.78 is 16.7. The van der Waals surface area contributed by atoms with Crippen LogP contribution in [0.4, 0.5) is 0 Å². The molecule has 0 aliphatic rings. The molecule has 0 N–H and O–H groups in total. The second-order valence-electron chi connectivity index (χ2n) is 16.0. The minimum atomic E-state index is -0.762. The van der Waals surface area contributed by atoms with Gasteiger partial charge in [-0.1, -0.05) is 206 Å². The quantitative estimate of drug-likeness (QED) is 0.0266. The van der Waals surface area contributed by atoms with E-state index < -0.39 is 6.10 Å². The Bertz CT molecular complexity index is 839. The maximum atomic E-state index is 12.7. The number of rotatable bonds is 43. The molecule has 0 aromatic heterocycles. The second-order valence-corrected chi connectivity index (χ2v) is 16.0. The van der Waals surface area contributed by atoms with Gasteiger partial charge in [0.1, 0.15) is 13.2 Å². The molecule has 0 fully saturated rings. The molecule has 0 bridgehead atoms. The Hall–Kier alpha value is -1.85. The van der Waals surface area contributed by atoms with Crippen LogP contribution < -0.4 is 0 Å². The molecular weight excluding hydrogens is 673 g/mol. The highest BCUT2D eigenvalue weighted by molar-refractivity contribution is 5.71. The molecule has 0 aromatic carbocycles. The van der Waals surface area contributed by atoms with Crippen LogP contribution >= 0.6 is 0 Å². The van der Waals surface area contributed by atoms with Gasteiger partial charge in [0.25, 0.3) is 0 Å². The first-order chi connectivity index (χ1) is 26.5. The van der Waals surface area contributed by atoms with Crippen molar-refractivity contribution in [2.45, 2.75) is 264 Å². The van der Waals surface area contributed by atoms with Gasteiger partial charge >= 0.3 is 17.9 Å². The number of carbonyl (C=O) groups excluding carboxylic acids is 3. The normalized spacial score (nSPS) is 12.0. The smallest absolute Gasteiger partial charge is 0.306 e. The Labute approximate surface area is 335 Å². The molecule has 0 heterocycles. The van der Waals surface area contributed by atoms with Crippen LogP contribution in [0.15, 0.2) is 12.2 Å². The number of hydrogen-bond acceptors (Lipinski definition) is 6. The Morgan fingerprint density at radius 3 is 0.926 bits per heavy atom. The standard InChI is InChI=1S/C48H90O6/c1-4-7-10-13-16-18-20-22-23-24-25-26-28-29-32-35-38-41-47(50)53-44-45(43-52-46(49)40-37-34-31-15-12-9-6-3)54-48(51)42-39-36-33-30-27-21-19-17-14-11-8-5-2/h22-23,45H,4-21,24-44H2,1-3H3/b23-22-. The van der Waals surface area contributed by atoms with E-state index in [2.05, 4.69) is 32.9 Å². The molecule has 0 spiro atoms. The van der Waals surface area contributed by atoms with Crippen LogP contribution in [0.25, 0.3) is 0 Å². The Morgan fingerprint density at radius 2 is 0.611 bits per heavy atom. The average Bonchev–Trinajstić information content (AvgIpc) is 3.17. The predicted octanol–water partition coefficient (Wildman–Crippen LogP) is 15.0. The van der Waals surface area contributed by atoms with Gasteiger partial charge in [-0.05, 0) is 44.9 Å². The van der Waals surface area contributed by atoms with E-state index in [1.807, 2.05) is 0 Å². The lowest BCUT2D eigenvalue weighted by atomic mass is 10.0. The largest absolute Gasteiger partial charge is 0.462 e. The van der Waals surface area contributed by atoms with Crippen LogP contribution in [0.1, 0.15) is 258 Å². The third-order valence-electron chi connectivity index (χ3n) is 10.5. The first-order valence-corrected chi connectivity index (χ1v) is 23.7. The van der Waals surface area contributed by atoms with Gasteiger partial charge in [-0.2, -0.15) is 0 Å². The third kappa shape index (κ3) is 41.3. The van der Waals surface area contributed by atoms with E-state index in [1.54, 1.807) is 0 Å². The Kier molecular flexibility index (Phi) is 42.4. The number of esters is 3. The van der Waals surface area contributed by atoms with Gasteiger partial charge in [-0.15, -0.1) is 0 Å². The topological polar surface area (TPSA) is 78.9 Å². The molecule has 54 heavy (non-hydrogen) atoms. The molecule has 6 nitrogen and oxygen atoms in total. The summed E-state index contributed by atoms with van der Waals surface area (Å²) in [5, 5.41) is 0. The van der Waals surface area contributed by atoms with Crippen molar-refractivity contribution in [3.63, 3.8) is 0 Å². The molecule has 0 radical (unpaired) electrons. The molecule has 0 rings (SSSR count). The fourth-order valence-electron chi connectivity index (χ4n) is 6.91. The SMILES string of the molecule is CCCCCCCC/C=C\CCCCCCCCCC(=O)OCC(COC(=O)CCCCCCCCC)OC(=O)CCCCCCCCCCCCCC. The molecule has 0 aromatic rings. The van der Waals surface area contributed by atoms with E-state index in [4.69, 9.17) is 14.2 Å². The van der Waals surface area contributed by atoms with E-state index in [0.717, 1.165) is 57.8 Å². The summed E-state index contributed by atoms with van der Waals surface area (Å²) in [6.45, 7) is 6.60. The molecule has 0 amide bonds. The fraction of sp³-hybridized carbons (Fsp3) is 0.896. The summed E-state index contributed by atoms with van der Waals surface area (Å²) >= 11 is 0. The summed E-state index contributed by atoms with van der Waals surface area (Å²) in [5.74, 6) is -0.869. The number of carbonyl (C=O) groups is 3. The number of ether oxygens (including phenoxy) is 3. The summed E-state index contributed by atoms with van der Waals surface area (Å²) in [6, 6.07) is 0. The third-order valence-corrected chi connectivity index (χ3v) is 10.5. The van der Waals surface area contributed by atoms with Gasteiger partial charge in [0, 0.05) is 19.3 Å². The summed E-state index contributed by atoms with van der Waals surface area (Å²) in [5.41, 5.74) is 0. The van der Waals surface area contributed by atoms with Crippen molar-refractivity contribution in [1.29, 1.82) is 0 Å². The van der Waals surface area contributed by atoms with E-state index in [9.17, 15) is 14.4 Å². The van der Waals surface area contributed by atoms with Crippen molar-refractivity contribution in [2.24, 2.45) is 0 Å². The molecule has 1 atom stereocenters. The molecule has 1 unspecified atom stereocenters. The second kappa shape index (κ2) is 43.9. The lowest BCUT2D eigenvalue weighted by Gasteiger charge is -2.18. The molecular formula is C48H90O6. The van der Waals surface area contributed by atoms with Gasteiger partial charge in [0.15, 0.2) is 6.10 Å². The minimum absolute atomic E-state index is 0.0677. The van der Waals surface area contributed by atoms with Crippen molar-refractivity contribution < 1.29 is 28.6 Å². The lowest BCUT2D eigenvalue weighted by molar-refractivity contribution is -0.167. The molecule has 0 saturated carbocycles. The van der Waals surface area contributed by atoms with Crippen molar-refractivity contribution in [3.8, 4) is 0 Å². The van der Waals surface area contributed by atoms with Gasteiger partial charge < -0.3 is 14.2 Å². The van der Waals surface area contributed by atoms with Crippen LogP contribution in [0.2, 0.25) is 0 Å². The molecule has 6 heteroatoms. The van der Waals surface area contributed by atoms with E-state index in [-0.39, 0.29) is 31.1 Å². The highest BCUT2D eigenvalue weighted by Gasteiger charge is 2.19. The highest BCUT2D eigenvalue weighted by atomic mass is 16.6. The minimum Gasteiger partial charge on any atom is -0.462 e. The van der Waals surface area contributed by atoms with Crippen LogP contribution in [0.5, 0.6) is 0 Å². The molecule has 0 saturated heterocycles. The first kappa shape index (κ1) is 52.2. The van der Waals surface area contributed by atoms with Crippen molar-refractivity contribution in [2.75, 3.05) is 13.2 Å². The Morgan fingerprint density at radius 1 is 0.352 bits per heavy atom. The first-order valence-electron chi connectivity index (χ1n) is 23.7. The highest BCUT2D eigenvalue weighted by Crippen LogP contribution is 2.15. The molecule has 318 valence electrons. The van der Waals surface area contributed by atoms with Crippen LogP contribution in [0, 0.1) is 0 Å². The number of unbranched alkanes of at least 4 members (excludes halogenated alkanes) is 30. The van der Waals surface area contributed by atoms with Gasteiger partial charge in [0.05, 0.1) is 0 Å². The van der Waals surface area contributed by atoms with E-state index in [1.165, 1.54) is 161 Å². The van der Waals surface area contributed by atoms with Gasteiger partial charge in [0.2, 0.25) is 0 Å². The average molecular weight is 763 g/mol. The van der Waals surface area contributed by atoms with Crippen molar-refractivity contribution >= 4 is 17.9 Å². The summed E-state index contributed by atoms with van der Waals surface area (Å²) in [6.07, 6.45) is 46.3. The van der Waals surface area contributed by atoms with Crippen LogP contribution in [0.3, 0.4) is 0 Å².